The summed E-state index contributed by atoms with van der Waals surface area (Å²) >= 11 is 9.19. The molecule has 3 aromatic rings. The lowest BCUT2D eigenvalue weighted by molar-refractivity contribution is 0.0470. The Kier molecular flexibility index (Phi) is 6.85. The van der Waals surface area contributed by atoms with Crippen molar-refractivity contribution in [1.82, 2.24) is 0 Å². The highest BCUT2D eigenvalue weighted by molar-refractivity contribution is 9.10. The van der Waals surface area contributed by atoms with Crippen molar-refractivity contribution in [2.75, 3.05) is 6.61 Å². The van der Waals surface area contributed by atoms with Gasteiger partial charge in [-0.3, -0.25) is 4.79 Å². The molecular weight excluding hydrogens is 444 g/mol. The molecule has 3 rings (SSSR count). The molecule has 6 heteroatoms. The van der Waals surface area contributed by atoms with E-state index in [1.807, 2.05) is 18.2 Å². The number of hydrogen-bond acceptors (Lipinski definition) is 4. The first-order chi connectivity index (χ1) is 13.5. The summed E-state index contributed by atoms with van der Waals surface area (Å²) in [5.74, 6) is -0.512. The molecule has 4 nitrogen and oxygen atoms in total. The van der Waals surface area contributed by atoms with Crippen LogP contribution in [0.25, 0.3) is 0 Å². The van der Waals surface area contributed by atoms with E-state index in [9.17, 15) is 9.59 Å². The first-order valence-corrected chi connectivity index (χ1v) is 9.62. The zero-order valence-electron chi connectivity index (χ0n) is 14.7. The molecule has 0 unspecified atom stereocenters. The SMILES string of the molecule is O=C(COC(=O)c1ccccc1OCc1ccc(Cl)cc1)c1cccc(Br)c1. The van der Waals surface area contributed by atoms with Crippen LogP contribution in [0.2, 0.25) is 5.02 Å². The number of benzene rings is 3. The first kappa shape index (κ1) is 20.1. The van der Waals surface area contributed by atoms with E-state index in [-0.39, 0.29) is 24.6 Å². The van der Waals surface area contributed by atoms with Crippen molar-refractivity contribution in [3.05, 3.63) is 99.0 Å². The highest BCUT2D eigenvalue weighted by atomic mass is 79.9. The van der Waals surface area contributed by atoms with Gasteiger partial charge in [0.2, 0.25) is 0 Å². The van der Waals surface area contributed by atoms with E-state index in [1.54, 1.807) is 54.6 Å². The Morgan fingerprint density at radius 2 is 1.68 bits per heavy atom. The molecule has 0 N–H and O–H groups in total. The average Bonchev–Trinajstić information content (AvgIpc) is 2.71. The number of hydrogen-bond donors (Lipinski definition) is 0. The van der Waals surface area contributed by atoms with Gasteiger partial charge < -0.3 is 9.47 Å². The molecule has 0 bridgehead atoms. The number of rotatable bonds is 7. The minimum Gasteiger partial charge on any atom is -0.488 e. The standard InChI is InChI=1S/C22H16BrClO4/c23-17-5-3-4-16(12-17)20(25)14-28-22(26)19-6-1-2-7-21(19)27-13-15-8-10-18(24)11-9-15/h1-12H,13-14H2. The molecule has 3 aromatic carbocycles. The Morgan fingerprint density at radius 1 is 0.929 bits per heavy atom. The molecule has 0 aliphatic heterocycles. The van der Waals surface area contributed by atoms with Gasteiger partial charge >= 0.3 is 5.97 Å². The molecule has 0 atom stereocenters. The molecule has 28 heavy (non-hydrogen) atoms. The van der Waals surface area contributed by atoms with Crippen molar-refractivity contribution in [1.29, 1.82) is 0 Å². The van der Waals surface area contributed by atoms with Crippen LogP contribution >= 0.6 is 27.5 Å². The molecule has 0 aliphatic carbocycles. The molecular formula is C22H16BrClO4. The van der Waals surface area contributed by atoms with Crippen molar-refractivity contribution in [3.63, 3.8) is 0 Å². The molecule has 0 heterocycles. The maximum atomic E-state index is 12.4. The number of esters is 1. The van der Waals surface area contributed by atoms with Crippen LogP contribution in [-0.4, -0.2) is 18.4 Å². The highest BCUT2D eigenvalue weighted by Gasteiger charge is 2.16. The largest absolute Gasteiger partial charge is 0.488 e. The lowest BCUT2D eigenvalue weighted by Gasteiger charge is -2.11. The van der Waals surface area contributed by atoms with Gasteiger partial charge in [0, 0.05) is 15.1 Å². The number of carbonyl (C=O) groups excluding carboxylic acids is 2. The van der Waals surface area contributed by atoms with E-state index in [1.165, 1.54) is 0 Å². The van der Waals surface area contributed by atoms with Crippen LogP contribution in [0.15, 0.2) is 77.3 Å². The quantitative estimate of drug-likeness (QED) is 0.335. The van der Waals surface area contributed by atoms with Gasteiger partial charge in [0.1, 0.15) is 17.9 Å². The molecule has 0 radical (unpaired) electrons. The number of para-hydroxylation sites is 1. The van der Waals surface area contributed by atoms with Crippen molar-refractivity contribution in [3.8, 4) is 5.75 Å². The van der Waals surface area contributed by atoms with Crippen molar-refractivity contribution >= 4 is 39.3 Å². The summed E-state index contributed by atoms with van der Waals surface area (Å²) in [6, 6.07) is 20.9. The number of ether oxygens (including phenoxy) is 2. The molecule has 0 saturated carbocycles. The maximum Gasteiger partial charge on any atom is 0.342 e. The van der Waals surface area contributed by atoms with Gasteiger partial charge in [-0.1, -0.05) is 63.9 Å². The molecule has 0 aromatic heterocycles. The third kappa shape index (κ3) is 5.44. The second-order valence-electron chi connectivity index (χ2n) is 5.92. The van der Waals surface area contributed by atoms with Crippen LogP contribution < -0.4 is 4.74 Å². The Bertz CT molecular complexity index is 986. The molecule has 0 spiro atoms. The van der Waals surface area contributed by atoms with Crippen LogP contribution in [-0.2, 0) is 11.3 Å². The first-order valence-electron chi connectivity index (χ1n) is 8.45. The minimum absolute atomic E-state index is 0.263. The van der Waals surface area contributed by atoms with E-state index < -0.39 is 5.97 Å². The Morgan fingerprint density at radius 3 is 2.43 bits per heavy atom. The summed E-state index contributed by atoms with van der Waals surface area (Å²) in [6.07, 6.45) is 0. The Balaban J connectivity index is 1.63. The summed E-state index contributed by atoms with van der Waals surface area (Å²) in [5.41, 5.74) is 1.64. The minimum atomic E-state index is -0.616. The van der Waals surface area contributed by atoms with Crippen LogP contribution in [0, 0.1) is 0 Å². The van der Waals surface area contributed by atoms with Gasteiger partial charge in [-0.2, -0.15) is 0 Å². The third-order valence-corrected chi connectivity index (χ3v) is 4.64. The zero-order valence-corrected chi connectivity index (χ0v) is 17.1. The number of halogens is 2. The van der Waals surface area contributed by atoms with E-state index in [2.05, 4.69) is 15.9 Å². The smallest absolute Gasteiger partial charge is 0.342 e. The summed E-state index contributed by atoms with van der Waals surface area (Å²) in [6.45, 7) is -0.0702. The number of Topliss-reactive ketones (excluding diaryl/α,β-unsaturated/α-hetero) is 1. The maximum absolute atomic E-state index is 12.4. The molecule has 0 aliphatic rings. The molecule has 0 saturated heterocycles. The fourth-order valence-corrected chi connectivity index (χ4v) is 2.98. The molecule has 0 fully saturated rings. The van der Waals surface area contributed by atoms with E-state index in [0.717, 1.165) is 10.0 Å². The van der Waals surface area contributed by atoms with Crippen molar-refractivity contribution in [2.45, 2.75) is 6.61 Å². The van der Waals surface area contributed by atoms with Gasteiger partial charge in [0.15, 0.2) is 12.4 Å². The van der Waals surface area contributed by atoms with Gasteiger partial charge in [0.05, 0.1) is 0 Å². The van der Waals surface area contributed by atoms with Crippen LogP contribution in [0.4, 0.5) is 0 Å². The predicted molar refractivity (Wildman–Crippen MR) is 111 cm³/mol. The summed E-state index contributed by atoms with van der Waals surface area (Å²) in [7, 11) is 0. The topological polar surface area (TPSA) is 52.6 Å². The fraction of sp³-hybridized carbons (Fsp3) is 0.0909. The van der Waals surface area contributed by atoms with E-state index >= 15 is 0 Å². The summed E-state index contributed by atoms with van der Waals surface area (Å²) in [4.78, 5) is 24.7. The molecule has 142 valence electrons. The van der Waals surface area contributed by atoms with Gasteiger partial charge in [-0.25, -0.2) is 4.79 Å². The lowest BCUT2D eigenvalue weighted by Crippen LogP contribution is -2.15. The van der Waals surface area contributed by atoms with Crippen molar-refractivity contribution in [2.24, 2.45) is 0 Å². The predicted octanol–water partition coefficient (Wildman–Crippen LogP) is 5.72. The fourth-order valence-electron chi connectivity index (χ4n) is 2.46. The second kappa shape index (κ2) is 9.53. The van der Waals surface area contributed by atoms with E-state index in [0.29, 0.717) is 16.3 Å². The van der Waals surface area contributed by atoms with Crippen LogP contribution in [0.3, 0.4) is 0 Å². The highest BCUT2D eigenvalue weighted by Crippen LogP contribution is 2.21. The Labute approximate surface area is 176 Å². The average molecular weight is 460 g/mol. The number of carbonyl (C=O) groups is 2. The van der Waals surface area contributed by atoms with Gasteiger partial charge in [0.25, 0.3) is 0 Å². The van der Waals surface area contributed by atoms with Crippen molar-refractivity contribution < 1.29 is 19.1 Å². The Hall–Kier alpha value is -2.63. The zero-order chi connectivity index (χ0) is 19.9. The molecule has 0 amide bonds. The summed E-state index contributed by atoms with van der Waals surface area (Å²) in [5, 5.41) is 0.642. The van der Waals surface area contributed by atoms with E-state index in [4.69, 9.17) is 21.1 Å². The van der Waals surface area contributed by atoms with Crippen LogP contribution in [0.5, 0.6) is 5.75 Å². The lowest BCUT2D eigenvalue weighted by atomic mass is 10.1. The normalized spacial score (nSPS) is 10.4. The third-order valence-electron chi connectivity index (χ3n) is 3.90. The van der Waals surface area contributed by atoms with Gasteiger partial charge in [-0.15, -0.1) is 0 Å². The monoisotopic (exact) mass is 458 g/mol. The summed E-state index contributed by atoms with van der Waals surface area (Å²) < 4.78 is 11.7. The number of ketones is 1. The van der Waals surface area contributed by atoms with Crippen LogP contribution in [0.1, 0.15) is 26.3 Å². The second-order valence-corrected chi connectivity index (χ2v) is 7.27. The van der Waals surface area contributed by atoms with Gasteiger partial charge in [-0.05, 0) is 42.0 Å².